The van der Waals surface area contributed by atoms with Crippen LogP contribution in [0.2, 0.25) is 0 Å². The summed E-state index contributed by atoms with van der Waals surface area (Å²) in [4.78, 5) is 27.6. The second kappa shape index (κ2) is 9.98. The Bertz CT molecular complexity index is 1200. The fourth-order valence-electron chi connectivity index (χ4n) is 2.98. The highest BCUT2D eigenvalue weighted by Crippen LogP contribution is 2.30. The minimum absolute atomic E-state index is 0.149. The monoisotopic (exact) mass is 455 g/mol. The Morgan fingerprint density at radius 1 is 1.21 bits per heavy atom. The lowest BCUT2D eigenvalue weighted by Crippen LogP contribution is -2.19. The molecule has 0 bridgehead atoms. The van der Waals surface area contributed by atoms with Crippen LogP contribution in [0, 0.1) is 6.92 Å². The van der Waals surface area contributed by atoms with Gasteiger partial charge in [-0.15, -0.1) is 0 Å². The van der Waals surface area contributed by atoms with E-state index < -0.39 is 17.8 Å². The van der Waals surface area contributed by atoms with E-state index in [1.807, 2.05) is 0 Å². The normalized spacial score (nSPS) is 12.5. The molecule has 0 saturated heterocycles. The number of alkyl halides is 3. The van der Waals surface area contributed by atoms with Gasteiger partial charge in [0.2, 0.25) is 5.91 Å². The van der Waals surface area contributed by atoms with Crippen LogP contribution in [0.1, 0.15) is 18.2 Å². The van der Waals surface area contributed by atoms with Crippen molar-refractivity contribution in [1.82, 2.24) is 24.7 Å². The predicted octanol–water partition coefficient (Wildman–Crippen LogP) is 4.23. The summed E-state index contributed by atoms with van der Waals surface area (Å²) < 4.78 is 40.4. The largest absolute Gasteiger partial charge is 0.433 e. The summed E-state index contributed by atoms with van der Waals surface area (Å²) >= 11 is 0. The summed E-state index contributed by atoms with van der Waals surface area (Å²) in [5, 5.41) is 6.90. The van der Waals surface area contributed by atoms with E-state index in [1.165, 1.54) is 23.3 Å². The molecule has 0 atom stereocenters. The van der Waals surface area contributed by atoms with E-state index in [1.54, 1.807) is 44.6 Å². The summed E-state index contributed by atoms with van der Waals surface area (Å²) in [5.74, 6) is -0.0534. The van der Waals surface area contributed by atoms with Crippen molar-refractivity contribution < 1.29 is 18.0 Å². The topological polar surface area (TPSA) is 98.0 Å². The molecular formula is C22H20F3N7O. The van der Waals surface area contributed by atoms with Gasteiger partial charge < -0.3 is 5.32 Å². The molecule has 0 aliphatic heterocycles. The molecule has 0 aromatic carbocycles. The molecular weight excluding hydrogens is 435 g/mol. The third-order valence-electron chi connectivity index (χ3n) is 4.55. The minimum Gasteiger partial charge on any atom is -0.309 e. The fraction of sp³-hybridized carbons (Fsp3) is 0.182. The third-order valence-corrected chi connectivity index (χ3v) is 4.55. The highest BCUT2D eigenvalue weighted by atomic mass is 19.4. The van der Waals surface area contributed by atoms with Crippen molar-refractivity contribution in [3.8, 4) is 11.1 Å². The Labute approximate surface area is 187 Å². The first-order chi connectivity index (χ1) is 15.7. The Kier molecular flexibility index (Phi) is 7.11. The first-order valence-corrected chi connectivity index (χ1v) is 9.69. The number of aliphatic imine (C=N–C) groups is 1. The second-order valence-electron chi connectivity index (χ2n) is 6.86. The Morgan fingerprint density at radius 2 is 1.94 bits per heavy atom. The highest BCUT2D eigenvalue weighted by Gasteiger charge is 2.33. The quantitative estimate of drug-likeness (QED) is 0.425. The smallest absolute Gasteiger partial charge is 0.309 e. The van der Waals surface area contributed by atoms with Crippen LogP contribution in [0.15, 0.2) is 66.1 Å². The zero-order valence-electron chi connectivity index (χ0n) is 17.8. The van der Waals surface area contributed by atoms with Gasteiger partial charge in [-0.3, -0.25) is 14.5 Å². The number of hydrogen-bond donors (Lipinski definition) is 1. The molecule has 1 N–H and O–H groups in total. The molecule has 3 aromatic heterocycles. The lowest BCUT2D eigenvalue weighted by atomic mass is 10.1. The summed E-state index contributed by atoms with van der Waals surface area (Å²) in [6, 6.07) is 3.41. The first-order valence-electron chi connectivity index (χ1n) is 9.69. The second-order valence-corrected chi connectivity index (χ2v) is 6.86. The molecule has 0 aliphatic rings. The van der Waals surface area contributed by atoms with E-state index in [9.17, 15) is 18.0 Å². The van der Waals surface area contributed by atoms with Crippen LogP contribution >= 0.6 is 0 Å². The number of anilines is 1. The van der Waals surface area contributed by atoms with Crippen molar-refractivity contribution in [3.63, 3.8) is 0 Å². The highest BCUT2D eigenvalue weighted by molar-refractivity contribution is 5.89. The lowest BCUT2D eigenvalue weighted by Gasteiger charge is -2.08. The van der Waals surface area contributed by atoms with Gasteiger partial charge in [0.1, 0.15) is 24.4 Å². The number of aryl methyl sites for hydroxylation is 1. The van der Waals surface area contributed by atoms with Crippen LogP contribution in [0.25, 0.3) is 16.7 Å². The lowest BCUT2D eigenvalue weighted by molar-refractivity contribution is -0.117. The number of carbonyl (C=O) groups excluding carboxylic acids is 1. The number of carbonyl (C=O) groups is 1. The molecule has 170 valence electrons. The van der Waals surface area contributed by atoms with Crippen LogP contribution in [0.3, 0.4) is 0 Å². The number of nitrogens with one attached hydrogen (secondary N) is 1. The van der Waals surface area contributed by atoms with Gasteiger partial charge in [0.25, 0.3) is 0 Å². The van der Waals surface area contributed by atoms with E-state index in [4.69, 9.17) is 0 Å². The fourth-order valence-corrected chi connectivity index (χ4v) is 2.98. The van der Waals surface area contributed by atoms with Crippen molar-refractivity contribution in [1.29, 1.82) is 0 Å². The van der Waals surface area contributed by atoms with Gasteiger partial charge in [-0.1, -0.05) is 6.08 Å². The number of halogens is 3. The van der Waals surface area contributed by atoms with Gasteiger partial charge in [-0.25, -0.2) is 15.0 Å². The maximum Gasteiger partial charge on any atom is 0.433 e. The van der Waals surface area contributed by atoms with Crippen LogP contribution in [0.5, 0.6) is 0 Å². The molecule has 3 rings (SSSR count). The van der Waals surface area contributed by atoms with E-state index in [-0.39, 0.29) is 12.1 Å². The zero-order valence-corrected chi connectivity index (χ0v) is 17.8. The molecule has 0 unspecified atom stereocenters. The van der Waals surface area contributed by atoms with Crippen molar-refractivity contribution >= 4 is 24.0 Å². The van der Waals surface area contributed by atoms with Crippen molar-refractivity contribution in [2.75, 3.05) is 5.32 Å². The van der Waals surface area contributed by atoms with E-state index in [0.29, 0.717) is 17.1 Å². The van der Waals surface area contributed by atoms with Gasteiger partial charge in [0.15, 0.2) is 0 Å². The summed E-state index contributed by atoms with van der Waals surface area (Å²) in [5.41, 5.74) is 1.64. The van der Waals surface area contributed by atoms with Crippen LogP contribution < -0.4 is 5.32 Å². The van der Waals surface area contributed by atoms with Crippen LogP contribution in [0.4, 0.5) is 19.0 Å². The Hall–Kier alpha value is -4.15. The van der Waals surface area contributed by atoms with E-state index in [2.05, 4.69) is 37.1 Å². The summed E-state index contributed by atoms with van der Waals surface area (Å²) in [6.07, 6.45) is 5.59. The molecule has 8 nitrogen and oxygen atoms in total. The first kappa shape index (κ1) is 23.5. The summed E-state index contributed by atoms with van der Waals surface area (Å²) in [7, 11) is 0. The van der Waals surface area contributed by atoms with E-state index >= 15 is 0 Å². The third kappa shape index (κ3) is 5.97. The summed E-state index contributed by atoms with van der Waals surface area (Å²) in [6.45, 7) is 6.08. The van der Waals surface area contributed by atoms with Crippen LogP contribution in [-0.2, 0) is 11.3 Å². The van der Waals surface area contributed by atoms with Gasteiger partial charge in [0.05, 0.1) is 5.69 Å². The minimum atomic E-state index is -4.63. The van der Waals surface area contributed by atoms with Gasteiger partial charge in [-0.2, -0.15) is 18.3 Å². The molecule has 0 fully saturated rings. The van der Waals surface area contributed by atoms with Gasteiger partial charge >= 0.3 is 6.18 Å². The number of nitrogens with zero attached hydrogens (tertiary/aromatic N) is 6. The molecule has 3 heterocycles. The number of rotatable bonds is 7. The molecule has 0 radical (unpaired) electrons. The molecule has 33 heavy (non-hydrogen) atoms. The average Bonchev–Trinajstić information content (AvgIpc) is 3.14. The average molecular weight is 455 g/mol. The van der Waals surface area contributed by atoms with Crippen molar-refractivity contribution in [2.45, 2.75) is 26.6 Å². The molecule has 3 aromatic rings. The number of allylic oxidation sites excluding steroid dienone is 4. The predicted molar refractivity (Wildman–Crippen MR) is 118 cm³/mol. The Morgan fingerprint density at radius 3 is 2.52 bits per heavy atom. The molecule has 1 amide bonds. The molecule has 0 aliphatic carbocycles. The van der Waals surface area contributed by atoms with Gasteiger partial charge in [-0.05, 0) is 44.3 Å². The number of aromatic nitrogens is 5. The van der Waals surface area contributed by atoms with E-state index in [0.717, 1.165) is 17.2 Å². The Balaban J connectivity index is 1.71. The van der Waals surface area contributed by atoms with Gasteiger partial charge in [0, 0.05) is 41.5 Å². The SMILES string of the molecule is C=N/C(=C\C(=C/C)c1cn(CC(=O)Nc2ccc(-c3cncnc3)cn2)nc1C)C(F)(F)F. The molecule has 11 heteroatoms. The number of amides is 1. The maximum absolute atomic E-state index is 13.0. The van der Waals surface area contributed by atoms with Crippen molar-refractivity contribution in [3.05, 3.63) is 72.4 Å². The zero-order chi connectivity index (χ0) is 24.0. The molecule has 0 saturated carbocycles. The van der Waals surface area contributed by atoms with Crippen LogP contribution in [-0.4, -0.2) is 43.5 Å². The number of pyridine rings is 1. The van der Waals surface area contributed by atoms with Crippen molar-refractivity contribution in [2.24, 2.45) is 4.99 Å². The maximum atomic E-state index is 13.0. The number of hydrogen-bond acceptors (Lipinski definition) is 6. The standard InChI is InChI=1S/C22H20F3N7O/c1-4-15(7-19(26-3)22(23,24)25)18-11-32(31-14(18)2)12-21(33)30-20-6-5-16(10-29-20)17-8-27-13-28-9-17/h4-11,13H,3,12H2,1-2H3,(H,29,30,33)/b15-4+,19-7-. The molecule has 0 spiro atoms.